The first-order chi connectivity index (χ1) is 18.2. The molecule has 1 heterocycles. The Hall–Kier alpha value is -3.79. The predicted octanol–water partition coefficient (Wildman–Crippen LogP) is 6.96. The maximum Gasteiger partial charge on any atom is 0.413 e. The Kier molecular flexibility index (Phi) is 9.11. The number of aryl methyl sites for hydroxylation is 1. The van der Waals surface area contributed by atoms with Crippen LogP contribution in [0.25, 0.3) is 0 Å². The molecule has 3 aromatic rings. The summed E-state index contributed by atoms with van der Waals surface area (Å²) in [5.41, 5.74) is -0.537. The van der Waals surface area contributed by atoms with Gasteiger partial charge in [-0.2, -0.15) is 8.78 Å². The molecule has 2 aromatic carbocycles. The van der Waals surface area contributed by atoms with Crippen molar-refractivity contribution in [3.8, 4) is 0 Å². The molecular formula is C28H30ClF3N4O3. The number of hydrogen-bond acceptors (Lipinski definition) is 5. The van der Waals surface area contributed by atoms with Crippen molar-refractivity contribution in [3.63, 3.8) is 0 Å². The molecule has 1 aromatic heterocycles. The van der Waals surface area contributed by atoms with Crippen molar-refractivity contribution >= 4 is 35.1 Å². The molecule has 2 amide bonds. The summed E-state index contributed by atoms with van der Waals surface area (Å²) in [6, 6.07) is 11.7. The van der Waals surface area contributed by atoms with Gasteiger partial charge in [-0.15, -0.1) is 0 Å². The number of rotatable bonds is 8. The number of carbonyl (C=O) groups excluding carboxylic acids is 2. The standard InChI is InChI=1S/C28H30ClF3N4O3/c1-16-19(11-14-22(34-16)36-26(38)39-27(3,4)5)25(35-17(2)37)23-20(29)12-13-21(24(23)30)33-15-28(31,32)18-9-7-6-8-10-18/h6-14,25,33H,15H2,1-5H3,(H,35,37)(H,34,36,38). The molecule has 0 radical (unpaired) electrons. The highest BCUT2D eigenvalue weighted by molar-refractivity contribution is 6.31. The van der Waals surface area contributed by atoms with Gasteiger partial charge in [-0.05, 0) is 45.9 Å². The lowest BCUT2D eigenvalue weighted by Crippen LogP contribution is -2.30. The normalized spacial score (nSPS) is 12.4. The van der Waals surface area contributed by atoms with E-state index in [2.05, 4.69) is 20.9 Å². The lowest BCUT2D eigenvalue weighted by molar-refractivity contribution is -0.119. The second kappa shape index (κ2) is 11.9. The van der Waals surface area contributed by atoms with Crippen molar-refractivity contribution in [2.24, 2.45) is 0 Å². The molecule has 0 bridgehead atoms. The van der Waals surface area contributed by atoms with Crippen LogP contribution in [-0.2, 0) is 15.5 Å². The van der Waals surface area contributed by atoms with Gasteiger partial charge in [-0.25, -0.2) is 14.2 Å². The molecule has 0 aliphatic rings. The van der Waals surface area contributed by atoms with Gasteiger partial charge in [-0.3, -0.25) is 10.1 Å². The topological polar surface area (TPSA) is 92.4 Å². The quantitative estimate of drug-likeness (QED) is 0.276. The third kappa shape index (κ3) is 7.86. The average molecular weight is 563 g/mol. The smallest absolute Gasteiger partial charge is 0.413 e. The number of ether oxygens (including phenoxy) is 1. The first kappa shape index (κ1) is 29.8. The maximum absolute atomic E-state index is 15.8. The molecular weight excluding hydrogens is 533 g/mol. The van der Waals surface area contributed by atoms with E-state index in [1.165, 1.54) is 49.4 Å². The Morgan fingerprint density at radius 2 is 1.72 bits per heavy atom. The van der Waals surface area contributed by atoms with E-state index in [1.807, 2.05) is 0 Å². The first-order valence-corrected chi connectivity index (χ1v) is 12.5. The monoisotopic (exact) mass is 562 g/mol. The number of alkyl halides is 2. The second-order valence-electron chi connectivity index (χ2n) is 9.88. The molecule has 3 N–H and O–H groups in total. The Bertz CT molecular complexity index is 1350. The van der Waals surface area contributed by atoms with Crippen molar-refractivity contribution in [1.29, 1.82) is 0 Å². The van der Waals surface area contributed by atoms with Gasteiger partial charge < -0.3 is 15.4 Å². The van der Waals surface area contributed by atoms with Crippen LogP contribution < -0.4 is 16.0 Å². The van der Waals surface area contributed by atoms with Crippen molar-refractivity contribution in [2.75, 3.05) is 17.2 Å². The van der Waals surface area contributed by atoms with Crippen LogP contribution >= 0.6 is 11.6 Å². The fourth-order valence-electron chi connectivity index (χ4n) is 3.82. The molecule has 11 heteroatoms. The summed E-state index contributed by atoms with van der Waals surface area (Å²) in [7, 11) is 0. The Morgan fingerprint density at radius 3 is 2.31 bits per heavy atom. The number of nitrogens with zero attached hydrogens (tertiary/aromatic N) is 1. The molecule has 208 valence electrons. The SMILES string of the molecule is CC(=O)NC(c1ccc(NC(=O)OC(C)(C)C)nc1C)c1c(Cl)ccc(NCC(F)(F)c2ccccc2)c1F. The van der Waals surface area contributed by atoms with Gasteiger partial charge >= 0.3 is 6.09 Å². The van der Waals surface area contributed by atoms with Crippen molar-refractivity contribution < 1.29 is 27.5 Å². The van der Waals surface area contributed by atoms with E-state index >= 15 is 4.39 Å². The van der Waals surface area contributed by atoms with E-state index < -0.39 is 41.9 Å². The zero-order valence-corrected chi connectivity index (χ0v) is 22.9. The Labute approximate surface area is 230 Å². The van der Waals surface area contributed by atoms with E-state index in [4.69, 9.17) is 16.3 Å². The van der Waals surface area contributed by atoms with Crippen LogP contribution in [-0.4, -0.2) is 29.1 Å². The van der Waals surface area contributed by atoms with Crippen molar-refractivity contribution in [1.82, 2.24) is 10.3 Å². The van der Waals surface area contributed by atoms with Gasteiger partial charge in [-0.1, -0.05) is 48.0 Å². The number of amides is 2. The van der Waals surface area contributed by atoms with Gasteiger partial charge in [0.05, 0.1) is 18.3 Å². The summed E-state index contributed by atoms with van der Waals surface area (Å²) in [4.78, 5) is 28.5. The number of hydrogen-bond donors (Lipinski definition) is 3. The van der Waals surface area contributed by atoms with Crippen LogP contribution in [0.3, 0.4) is 0 Å². The molecule has 0 saturated heterocycles. The minimum Gasteiger partial charge on any atom is -0.444 e. The van der Waals surface area contributed by atoms with E-state index in [1.54, 1.807) is 39.8 Å². The summed E-state index contributed by atoms with van der Waals surface area (Å²) in [6.45, 7) is 7.15. The molecule has 0 saturated carbocycles. The molecule has 0 aliphatic heterocycles. The third-order valence-electron chi connectivity index (χ3n) is 5.53. The summed E-state index contributed by atoms with van der Waals surface area (Å²) < 4.78 is 50.4. The molecule has 7 nitrogen and oxygen atoms in total. The van der Waals surface area contributed by atoms with E-state index in [9.17, 15) is 18.4 Å². The van der Waals surface area contributed by atoms with Crippen molar-refractivity contribution in [3.05, 3.63) is 87.8 Å². The average Bonchev–Trinajstić information content (AvgIpc) is 2.82. The number of pyridine rings is 1. The van der Waals surface area contributed by atoms with E-state index in [0.29, 0.717) is 11.3 Å². The summed E-state index contributed by atoms with van der Waals surface area (Å²) in [6.07, 6.45) is -0.708. The molecule has 0 fully saturated rings. The van der Waals surface area contributed by atoms with Crippen LogP contribution in [0.1, 0.15) is 56.1 Å². The van der Waals surface area contributed by atoms with Gasteiger partial charge in [0.15, 0.2) is 5.82 Å². The zero-order valence-electron chi connectivity index (χ0n) is 22.2. The number of benzene rings is 2. The fourth-order valence-corrected chi connectivity index (χ4v) is 4.08. The molecule has 0 spiro atoms. The van der Waals surface area contributed by atoms with Crippen molar-refractivity contribution in [2.45, 2.75) is 52.2 Å². The minimum absolute atomic E-state index is 0.0259. The Balaban J connectivity index is 1.93. The fraction of sp³-hybridized carbons (Fsp3) is 0.321. The summed E-state index contributed by atoms with van der Waals surface area (Å²) in [5, 5.41) is 7.63. The highest BCUT2D eigenvalue weighted by Gasteiger charge is 2.32. The van der Waals surface area contributed by atoms with Crippen LogP contribution in [0.2, 0.25) is 5.02 Å². The minimum atomic E-state index is -3.28. The van der Waals surface area contributed by atoms with Gasteiger partial charge in [0.2, 0.25) is 5.91 Å². The van der Waals surface area contributed by atoms with Gasteiger partial charge in [0.1, 0.15) is 11.4 Å². The summed E-state index contributed by atoms with van der Waals surface area (Å²) >= 11 is 6.37. The van der Waals surface area contributed by atoms with Crippen LogP contribution in [0, 0.1) is 12.7 Å². The molecule has 39 heavy (non-hydrogen) atoms. The van der Waals surface area contributed by atoms with Gasteiger partial charge in [0, 0.05) is 34.3 Å². The number of aromatic nitrogens is 1. The maximum atomic E-state index is 15.8. The Morgan fingerprint density at radius 1 is 1.05 bits per heavy atom. The molecule has 1 unspecified atom stereocenters. The first-order valence-electron chi connectivity index (χ1n) is 12.1. The molecule has 3 rings (SSSR count). The number of carbonyl (C=O) groups is 2. The molecule has 1 atom stereocenters. The van der Waals surface area contributed by atoms with E-state index in [-0.39, 0.29) is 27.7 Å². The molecule has 0 aliphatic carbocycles. The van der Waals surface area contributed by atoms with Crippen LogP contribution in [0.5, 0.6) is 0 Å². The van der Waals surface area contributed by atoms with Gasteiger partial charge in [0.25, 0.3) is 5.92 Å². The highest BCUT2D eigenvalue weighted by atomic mass is 35.5. The highest BCUT2D eigenvalue weighted by Crippen LogP contribution is 2.36. The van der Waals surface area contributed by atoms with Crippen LogP contribution in [0.4, 0.5) is 29.5 Å². The number of anilines is 2. The largest absolute Gasteiger partial charge is 0.444 e. The number of halogens is 4. The van der Waals surface area contributed by atoms with E-state index in [0.717, 1.165) is 0 Å². The lowest BCUT2D eigenvalue weighted by Gasteiger charge is -2.24. The number of nitrogens with one attached hydrogen (secondary N) is 3. The third-order valence-corrected chi connectivity index (χ3v) is 5.86. The van der Waals surface area contributed by atoms with Crippen LogP contribution in [0.15, 0.2) is 54.6 Å². The second-order valence-corrected chi connectivity index (χ2v) is 10.3. The summed E-state index contributed by atoms with van der Waals surface area (Å²) in [5.74, 6) is -4.49. The zero-order chi connectivity index (χ0) is 29.0. The lowest BCUT2D eigenvalue weighted by atomic mass is 9.96. The predicted molar refractivity (Wildman–Crippen MR) is 145 cm³/mol.